The molecule has 11 unspecified atom stereocenters. The Kier molecular flexibility index (Phi) is 11.6. The summed E-state index contributed by atoms with van der Waals surface area (Å²) in [6.07, 6.45) is -4.12. The largest absolute Gasteiger partial charge is 0.780 e. The van der Waals surface area contributed by atoms with Crippen molar-refractivity contribution < 1.29 is 52.0 Å². The number of aliphatic hydroxyl groups excluding tert-OH is 2. The highest BCUT2D eigenvalue weighted by molar-refractivity contribution is 8.32. The quantitative estimate of drug-likeness (QED) is 0.0530. The molecule has 11 atom stereocenters. The molecule has 0 bridgehead atoms. The molecule has 3 aliphatic rings. The zero-order valence-corrected chi connectivity index (χ0v) is 33.6. The van der Waals surface area contributed by atoms with Gasteiger partial charge in [0.15, 0.2) is 29.4 Å². The maximum absolute atomic E-state index is 13.7. The van der Waals surface area contributed by atoms with E-state index in [2.05, 4.69) is 34.9 Å². The smallest absolute Gasteiger partial charge is 0.351 e. The average molecular weight is 900 g/mol. The first kappa shape index (κ1) is 41.7. The Morgan fingerprint density at radius 1 is 0.881 bits per heavy atom. The van der Waals surface area contributed by atoms with Crippen molar-refractivity contribution in [3.8, 4) is 0 Å². The van der Waals surface area contributed by atoms with Gasteiger partial charge < -0.3 is 76.9 Å². The number of aliphatic hydroxyl groups is 2. The molecule has 0 aromatic carbocycles. The zero-order chi connectivity index (χ0) is 41.8. The maximum atomic E-state index is 13.7. The van der Waals surface area contributed by atoms with Gasteiger partial charge in [0.2, 0.25) is 5.95 Å². The number of imidazole rings is 2. The molecule has 0 radical (unpaired) electrons. The number of aromatic amines is 1. The van der Waals surface area contributed by atoms with Crippen LogP contribution in [0, 0.1) is 0 Å². The van der Waals surface area contributed by atoms with Gasteiger partial charge >= 0.3 is 5.69 Å². The predicted octanol–water partition coefficient (Wildman–Crippen LogP) is -1.78. The summed E-state index contributed by atoms with van der Waals surface area (Å²) in [6.45, 7) is -10.5. The first-order valence-corrected chi connectivity index (χ1v) is 22.7. The molecule has 0 amide bonds. The number of nitrogens with two attached hydrogens (primary N) is 3. The minimum Gasteiger partial charge on any atom is -0.780 e. The third-order valence-corrected chi connectivity index (χ3v) is 12.8. The summed E-state index contributed by atoms with van der Waals surface area (Å²) in [7, 11) is 0. The van der Waals surface area contributed by atoms with E-state index in [0.29, 0.717) is 11.2 Å². The van der Waals surface area contributed by atoms with Crippen LogP contribution in [0.1, 0.15) is 37.9 Å². The Bertz CT molecular complexity index is 2580. The highest BCUT2D eigenvalue weighted by atomic mass is 32.7. The molecule has 3 saturated heterocycles. The third-order valence-electron chi connectivity index (χ3n) is 9.69. The number of nitrogens with zero attached hydrogens (tertiary/aromatic N) is 9. The van der Waals surface area contributed by atoms with Crippen molar-refractivity contribution >= 4 is 77.5 Å². The Labute approximate surface area is 340 Å². The standard InChI is InChI=1S/C29H37N13O13P2S2/c30-18-1-2-40(29(46)37-18)20-4-13(15(6-43)51-20)54-57(48,59)50-8-17-14(5-21(53-17)42-11-36-23-26(42)38-28(32)39-27(23)45)55-56(47,58)49-7-16-12(44)3-19(52-16)41-10-35-22-24(31)33-9-34-25(22)41/h1-2,9-17,19-21,43-44H,3-8H2,(H,47,58)(H,48,59)(H2,30,37,46)(H2,31,33,34)(H3,32,38,39,45)/p-2. The van der Waals surface area contributed by atoms with Gasteiger partial charge in [0.1, 0.15) is 61.4 Å². The van der Waals surface area contributed by atoms with Gasteiger partial charge in [-0.25, -0.2) is 24.7 Å². The molecule has 9 N–H and O–H groups in total. The highest BCUT2D eigenvalue weighted by Crippen LogP contribution is 2.52. The summed E-state index contributed by atoms with van der Waals surface area (Å²) < 4.78 is 58.1. The van der Waals surface area contributed by atoms with Crippen LogP contribution in [0.5, 0.6) is 0 Å². The number of hydrogen-bond donors (Lipinski definition) is 6. The van der Waals surface area contributed by atoms with Crippen LogP contribution in [0.4, 0.5) is 17.6 Å². The predicted molar refractivity (Wildman–Crippen MR) is 205 cm³/mol. The number of fused-ring (bicyclic) bond motifs is 2. The number of H-pyrrole nitrogens is 1. The molecule has 30 heteroatoms. The zero-order valence-electron chi connectivity index (χ0n) is 30.2. The SMILES string of the molecule is Nc1ccn(C2CC(OP(=O)([S-])OCC3OC(n4cnc5c(=O)[nH]c(N)nc54)CC3OP([O-])(=S)OCC3OC(n4cnc5c(N)ncnc54)CC3O)C(CO)O2)c(=O)n1. The fourth-order valence-corrected chi connectivity index (χ4v) is 9.83. The van der Waals surface area contributed by atoms with Gasteiger partial charge in [0.05, 0.1) is 50.8 Å². The first-order chi connectivity index (χ1) is 28.1. The van der Waals surface area contributed by atoms with Gasteiger partial charge in [0.25, 0.3) is 5.56 Å². The van der Waals surface area contributed by atoms with Crippen molar-refractivity contribution in [3.63, 3.8) is 0 Å². The van der Waals surface area contributed by atoms with E-state index < -0.39 is 99.9 Å². The van der Waals surface area contributed by atoms with E-state index in [1.807, 2.05) is 0 Å². The number of nitrogens with one attached hydrogen (secondary N) is 1. The lowest BCUT2D eigenvalue weighted by atomic mass is 10.2. The second-order valence-corrected chi connectivity index (χ2v) is 18.9. The fraction of sp³-hybridized carbons (Fsp3) is 0.517. The molecule has 8 rings (SSSR count). The third kappa shape index (κ3) is 8.78. The van der Waals surface area contributed by atoms with Crippen LogP contribution in [-0.4, -0.2) is 115 Å². The minimum atomic E-state index is -4.42. The molecular formula is C29H35N13O13P2S2-2. The lowest BCUT2D eigenvalue weighted by Crippen LogP contribution is -2.32. The molecule has 59 heavy (non-hydrogen) atoms. The minimum absolute atomic E-state index is 0.00906. The van der Waals surface area contributed by atoms with E-state index in [1.165, 1.54) is 35.8 Å². The molecule has 0 saturated carbocycles. The van der Waals surface area contributed by atoms with Crippen LogP contribution < -0.4 is 33.3 Å². The Morgan fingerprint density at radius 3 is 2.27 bits per heavy atom. The summed E-state index contributed by atoms with van der Waals surface area (Å²) in [6, 6.07) is 1.38. The molecule has 3 fully saturated rings. The average Bonchev–Trinajstić information content (AvgIpc) is 4.00. The lowest BCUT2D eigenvalue weighted by Gasteiger charge is -2.34. The van der Waals surface area contributed by atoms with Gasteiger partial charge in [-0.15, -0.1) is 0 Å². The molecular weight excluding hydrogens is 864 g/mol. The van der Waals surface area contributed by atoms with Gasteiger partial charge in [0, 0.05) is 25.5 Å². The second kappa shape index (κ2) is 16.5. The van der Waals surface area contributed by atoms with E-state index >= 15 is 0 Å². The van der Waals surface area contributed by atoms with E-state index in [0.717, 1.165) is 4.57 Å². The lowest BCUT2D eigenvalue weighted by molar-refractivity contribution is -0.215. The van der Waals surface area contributed by atoms with Gasteiger partial charge in [-0.2, -0.15) is 9.97 Å². The summed E-state index contributed by atoms with van der Waals surface area (Å²) in [5, 5.41) is 20.8. The van der Waals surface area contributed by atoms with Crippen LogP contribution in [0.3, 0.4) is 0 Å². The van der Waals surface area contributed by atoms with Crippen molar-refractivity contribution in [2.24, 2.45) is 0 Å². The summed E-state index contributed by atoms with van der Waals surface area (Å²) in [5.41, 5.74) is 16.6. The monoisotopic (exact) mass is 899 g/mol. The summed E-state index contributed by atoms with van der Waals surface area (Å²) >= 11 is 10.4. The summed E-state index contributed by atoms with van der Waals surface area (Å²) in [4.78, 5) is 65.2. The number of nitrogen functional groups attached to an aromatic ring is 3. The molecule has 26 nitrogen and oxygen atoms in total. The van der Waals surface area contributed by atoms with Crippen LogP contribution in [0.2, 0.25) is 0 Å². The molecule has 0 spiro atoms. The molecule has 5 aromatic heterocycles. The van der Waals surface area contributed by atoms with E-state index in [4.69, 9.17) is 73.6 Å². The Balaban J connectivity index is 0.954. The number of ether oxygens (including phenoxy) is 3. The maximum Gasteiger partial charge on any atom is 0.351 e. The molecule has 8 heterocycles. The first-order valence-electron chi connectivity index (χ1n) is 17.6. The van der Waals surface area contributed by atoms with Crippen LogP contribution in [0.25, 0.3) is 22.3 Å². The number of hydrogen-bond acceptors (Lipinski definition) is 24. The van der Waals surface area contributed by atoms with E-state index in [1.54, 1.807) is 4.57 Å². The van der Waals surface area contributed by atoms with E-state index in [-0.39, 0.29) is 48.0 Å². The molecule has 3 aliphatic heterocycles. The Morgan fingerprint density at radius 2 is 1.53 bits per heavy atom. The molecule has 318 valence electrons. The van der Waals surface area contributed by atoms with Crippen LogP contribution >= 0.6 is 13.5 Å². The van der Waals surface area contributed by atoms with Crippen molar-refractivity contribution in [2.75, 3.05) is 37.0 Å². The number of anilines is 3. The highest BCUT2D eigenvalue weighted by Gasteiger charge is 2.43. The summed E-state index contributed by atoms with van der Waals surface area (Å²) in [5.74, 6) is -0.0438. The topological polar surface area (TPSA) is 365 Å². The molecule has 0 aliphatic carbocycles. The van der Waals surface area contributed by atoms with Gasteiger partial charge in [-0.05, 0) is 6.07 Å². The van der Waals surface area contributed by atoms with E-state index in [9.17, 15) is 29.3 Å². The van der Waals surface area contributed by atoms with Crippen molar-refractivity contribution in [1.29, 1.82) is 0 Å². The number of aromatic nitrogens is 10. The fourth-order valence-electron chi connectivity index (χ4n) is 6.92. The van der Waals surface area contributed by atoms with Gasteiger partial charge in [-0.1, -0.05) is 11.8 Å². The van der Waals surface area contributed by atoms with Crippen LogP contribution in [-0.2, 0) is 60.9 Å². The van der Waals surface area contributed by atoms with Gasteiger partial charge in [-0.3, -0.25) is 28.0 Å². The van der Waals surface area contributed by atoms with Crippen molar-refractivity contribution in [2.45, 2.75) is 74.6 Å². The second-order valence-electron chi connectivity index (χ2n) is 13.5. The van der Waals surface area contributed by atoms with Crippen molar-refractivity contribution in [3.05, 3.63) is 52.1 Å². The molecule has 5 aromatic rings. The number of rotatable bonds is 14. The van der Waals surface area contributed by atoms with Crippen molar-refractivity contribution in [1.82, 2.24) is 48.6 Å². The van der Waals surface area contributed by atoms with Crippen LogP contribution in [0.15, 0.2) is 40.8 Å². The normalized spacial score (nSPS) is 29.3. The Hall–Kier alpha value is -3.99.